The van der Waals surface area contributed by atoms with Crippen LogP contribution in [0.1, 0.15) is 5.56 Å². The van der Waals surface area contributed by atoms with Crippen LogP contribution >= 0.6 is 0 Å². The lowest BCUT2D eigenvalue weighted by Crippen LogP contribution is -1.90. The molecule has 0 heterocycles. The summed E-state index contributed by atoms with van der Waals surface area (Å²) >= 11 is 0. The van der Waals surface area contributed by atoms with Crippen molar-refractivity contribution in [2.45, 2.75) is 0 Å². The molecule has 0 fully saturated rings. The van der Waals surface area contributed by atoms with Crippen molar-refractivity contribution in [2.75, 3.05) is 0 Å². The van der Waals surface area contributed by atoms with Gasteiger partial charge in [0.25, 0.3) is 0 Å². The van der Waals surface area contributed by atoms with Crippen LogP contribution in [-0.4, -0.2) is 0 Å². The van der Waals surface area contributed by atoms with Gasteiger partial charge in [0.05, 0.1) is 11.6 Å². The van der Waals surface area contributed by atoms with E-state index in [0.29, 0.717) is 5.56 Å². The van der Waals surface area contributed by atoms with E-state index >= 15 is 0 Å². The molecule has 0 N–H and O–H groups in total. The zero-order valence-electron chi connectivity index (χ0n) is 27.2. The van der Waals surface area contributed by atoms with E-state index < -0.39 is 0 Å². The van der Waals surface area contributed by atoms with Gasteiger partial charge >= 0.3 is 0 Å². The van der Waals surface area contributed by atoms with E-state index in [0.717, 1.165) is 16.7 Å². The van der Waals surface area contributed by atoms with Gasteiger partial charge < -0.3 is 0 Å². The minimum Gasteiger partial charge on any atom is -0.192 e. The van der Waals surface area contributed by atoms with Crippen molar-refractivity contribution in [1.82, 2.24) is 0 Å². The Labute approximate surface area is 289 Å². The van der Waals surface area contributed by atoms with Gasteiger partial charge in [0, 0.05) is 0 Å². The van der Waals surface area contributed by atoms with E-state index in [1.807, 2.05) is 24.3 Å². The van der Waals surface area contributed by atoms with Gasteiger partial charge in [-0.3, -0.25) is 0 Å². The number of nitriles is 1. The predicted octanol–water partition coefficient (Wildman–Crippen LogP) is 13.5. The highest BCUT2D eigenvalue weighted by atomic mass is 14.2. The van der Waals surface area contributed by atoms with E-state index in [-0.39, 0.29) is 0 Å². The van der Waals surface area contributed by atoms with Crippen LogP contribution in [0.25, 0.3) is 98.0 Å². The van der Waals surface area contributed by atoms with Gasteiger partial charge in [-0.2, -0.15) is 5.26 Å². The van der Waals surface area contributed by atoms with Crippen LogP contribution in [0.5, 0.6) is 0 Å². The number of rotatable bonds is 3. The maximum absolute atomic E-state index is 9.83. The molecule has 0 atom stereocenters. The highest BCUT2D eigenvalue weighted by molar-refractivity contribution is 6.33. The van der Waals surface area contributed by atoms with E-state index in [4.69, 9.17) is 0 Å². The van der Waals surface area contributed by atoms with E-state index in [1.54, 1.807) is 0 Å². The first-order chi connectivity index (χ1) is 24.8. The lowest BCUT2D eigenvalue weighted by Gasteiger charge is -2.18. The molecule has 0 saturated carbocycles. The fourth-order valence-corrected chi connectivity index (χ4v) is 8.20. The van der Waals surface area contributed by atoms with Crippen molar-refractivity contribution >= 4 is 64.6 Å². The first kappa shape index (κ1) is 28.3. The lowest BCUT2D eigenvalue weighted by molar-refractivity contribution is 1.48. The minimum atomic E-state index is 0.682. The average Bonchev–Trinajstić information content (AvgIpc) is 3.20. The minimum absolute atomic E-state index is 0.682. The lowest BCUT2D eigenvalue weighted by atomic mass is 9.85. The first-order valence-electron chi connectivity index (χ1n) is 17.1. The molecular formula is C49H29N. The third kappa shape index (κ3) is 4.26. The molecule has 0 bridgehead atoms. The third-order valence-corrected chi connectivity index (χ3v) is 10.5. The van der Waals surface area contributed by atoms with Crippen molar-refractivity contribution in [3.05, 3.63) is 181 Å². The average molecular weight is 632 g/mol. The topological polar surface area (TPSA) is 23.8 Å². The Hall–Kier alpha value is -6.75. The highest BCUT2D eigenvalue weighted by Crippen LogP contribution is 2.45. The molecule has 10 rings (SSSR count). The summed E-state index contributed by atoms with van der Waals surface area (Å²) in [5, 5.41) is 24.9. The summed E-state index contributed by atoms with van der Waals surface area (Å²) in [4.78, 5) is 0. The maximum Gasteiger partial charge on any atom is 0.0998 e. The van der Waals surface area contributed by atoms with Gasteiger partial charge in [0.1, 0.15) is 0 Å². The Bertz CT molecular complexity index is 3050. The fourth-order valence-electron chi connectivity index (χ4n) is 8.20. The second-order valence-electron chi connectivity index (χ2n) is 13.1. The van der Waals surface area contributed by atoms with Crippen molar-refractivity contribution in [2.24, 2.45) is 0 Å². The highest BCUT2D eigenvalue weighted by Gasteiger charge is 2.17. The molecule has 10 aromatic carbocycles. The molecule has 50 heavy (non-hydrogen) atoms. The summed E-state index contributed by atoms with van der Waals surface area (Å²) in [6.07, 6.45) is 0. The van der Waals surface area contributed by atoms with Gasteiger partial charge in [-0.25, -0.2) is 0 Å². The quantitative estimate of drug-likeness (QED) is 0.178. The second kappa shape index (κ2) is 11.2. The van der Waals surface area contributed by atoms with Gasteiger partial charge in [-0.05, 0) is 128 Å². The SMILES string of the molecule is N#Cc1ccccc1-c1cccc(-c2cc3c4ccccc4c4cc(-c5cc6ccccc6c6ccccc56)ccc4c3c3ccccc23)c1. The molecule has 0 radical (unpaired) electrons. The third-order valence-electron chi connectivity index (χ3n) is 10.5. The fraction of sp³-hybridized carbons (Fsp3) is 0. The Balaban J connectivity index is 1.26. The first-order valence-corrected chi connectivity index (χ1v) is 17.1. The predicted molar refractivity (Wildman–Crippen MR) is 213 cm³/mol. The Morgan fingerprint density at radius 3 is 1.58 bits per heavy atom. The van der Waals surface area contributed by atoms with Crippen LogP contribution in [0.15, 0.2) is 176 Å². The number of hydrogen-bond donors (Lipinski definition) is 0. The molecule has 1 heteroatoms. The molecule has 0 unspecified atom stereocenters. The molecule has 0 aromatic heterocycles. The van der Waals surface area contributed by atoms with E-state index in [1.165, 1.54) is 81.3 Å². The zero-order valence-corrected chi connectivity index (χ0v) is 27.2. The Kier molecular flexibility index (Phi) is 6.31. The zero-order chi connectivity index (χ0) is 33.2. The van der Waals surface area contributed by atoms with Gasteiger partial charge in [0.2, 0.25) is 0 Å². The summed E-state index contributed by atoms with van der Waals surface area (Å²) in [5.41, 5.74) is 7.47. The maximum atomic E-state index is 9.83. The van der Waals surface area contributed by atoms with Crippen LogP contribution in [0.2, 0.25) is 0 Å². The Morgan fingerprint density at radius 2 is 0.820 bits per heavy atom. The number of benzene rings is 10. The number of nitrogens with zero attached hydrogens (tertiary/aromatic N) is 1. The van der Waals surface area contributed by atoms with E-state index in [2.05, 4.69) is 158 Å². The summed E-state index contributed by atoms with van der Waals surface area (Å²) in [5.74, 6) is 0. The standard InChI is InChI=1S/C49H29N/c50-30-35-13-2-3-16-36(35)31-14-11-15-32(26-31)46-29-48-41-21-8-7-20-40(41)47-28-34(24-25-44(47)49(48)43-23-10-9-22-42(43)46)45-27-33-12-1-4-17-37(33)38-18-5-6-19-39(38)45/h1-29H. The monoisotopic (exact) mass is 631 g/mol. The molecule has 0 saturated heterocycles. The van der Waals surface area contributed by atoms with Crippen molar-refractivity contribution in [3.63, 3.8) is 0 Å². The summed E-state index contributed by atoms with van der Waals surface area (Å²) in [7, 11) is 0. The van der Waals surface area contributed by atoms with Crippen molar-refractivity contribution < 1.29 is 0 Å². The molecule has 0 aliphatic carbocycles. The van der Waals surface area contributed by atoms with Crippen LogP contribution in [0.3, 0.4) is 0 Å². The summed E-state index contributed by atoms with van der Waals surface area (Å²) in [6.45, 7) is 0. The normalized spacial score (nSPS) is 11.6. The smallest absolute Gasteiger partial charge is 0.0998 e. The van der Waals surface area contributed by atoms with Gasteiger partial charge in [0.15, 0.2) is 0 Å². The Morgan fingerprint density at radius 1 is 0.300 bits per heavy atom. The largest absolute Gasteiger partial charge is 0.192 e. The van der Waals surface area contributed by atoms with E-state index in [9.17, 15) is 5.26 Å². The second-order valence-corrected chi connectivity index (χ2v) is 13.1. The summed E-state index contributed by atoms with van der Waals surface area (Å²) in [6, 6.07) is 65.8. The van der Waals surface area contributed by atoms with Crippen LogP contribution in [0.4, 0.5) is 0 Å². The van der Waals surface area contributed by atoms with Gasteiger partial charge in [-0.1, -0.05) is 146 Å². The molecule has 1 nitrogen and oxygen atoms in total. The van der Waals surface area contributed by atoms with Crippen LogP contribution in [-0.2, 0) is 0 Å². The van der Waals surface area contributed by atoms with Gasteiger partial charge in [-0.15, -0.1) is 0 Å². The molecule has 0 aliphatic heterocycles. The van der Waals surface area contributed by atoms with Crippen LogP contribution < -0.4 is 0 Å². The molecule has 10 aromatic rings. The molecule has 0 aliphatic rings. The molecule has 0 spiro atoms. The molecular weight excluding hydrogens is 603 g/mol. The van der Waals surface area contributed by atoms with Crippen molar-refractivity contribution in [1.29, 1.82) is 5.26 Å². The molecule has 0 amide bonds. The number of fused-ring (bicyclic) bond motifs is 11. The molecule has 230 valence electrons. The number of hydrogen-bond acceptors (Lipinski definition) is 1. The van der Waals surface area contributed by atoms with Crippen molar-refractivity contribution in [3.8, 4) is 39.4 Å². The summed E-state index contributed by atoms with van der Waals surface area (Å²) < 4.78 is 0. The van der Waals surface area contributed by atoms with Crippen LogP contribution in [0, 0.1) is 11.3 Å².